The summed E-state index contributed by atoms with van der Waals surface area (Å²) in [5, 5.41) is 20.3. The van der Waals surface area contributed by atoms with Crippen LogP contribution >= 0.6 is 11.8 Å². The Bertz CT molecular complexity index is 1220. The number of para-hydroxylation sites is 1. The predicted molar refractivity (Wildman–Crippen MR) is 148 cm³/mol. The molecule has 0 aliphatic carbocycles. The van der Waals surface area contributed by atoms with Crippen LogP contribution in [0.5, 0.6) is 5.75 Å². The number of aromatic nitrogens is 2. The smallest absolute Gasteiger partial charge is 0.174 e. The first-order valence-corrected chi connectivity index (χ1v) is 13.4. The minimum absolute atomic E-state index is 0.0109. The number of thioether (sulfide) groups is 1. The average molecular weight is 503 g/mol. The van der Waals surface area contributed by atoms with E-state index in [4.69, 9.17) is 9.72 Å². The van der Waals surface area contributed by atoms with E-state index in [0.717, 1.165) is 36.5 Å². The summed E-state index contributed by atoms with van der Waals surface area (Å²) in [5.41, 5.74) is 3.31. The molecule has 0 atom stereocenters. The van der Waals surface area contributed by atoms with Crippen LogP contribution in [0.3, 0.4) is 0 Å². The topological polar surface area (TPSA) is 94.9 Å². The lowest BCUT2D eigenvalue weighted by Crippen LogP contribution is -2.26. The first-order valence-electron chi connectivity index (χ1n) is 12.5. The third kappa shape index (κ3) is 6.68. The molecule has 0 amide bonds. The van der Waals surface area contributed by atoms with Gasteiger partial charge in [-0.25, -0.2) is 9.97 Å². The maximum absolute atomic E-state index is 9.70. The Morgan fingerprint density at radius 2 is 1.81 bits per heavy atom. The van der Waals surface area contributed by atoms with Crippen LogP contribution in [-0.2, 0) is 0 Å². The van der Waals surface area contributed by atoms with Gasteiger partial charge in [-0.3, -0.25) is 0 Å². The molecule has 1 saturated heterocycles. The summed E-state index contributed by atoms with van der Waals surface area (Å²) in [7, 11) is 0. The van der Waals surface area contributed by atoms with Crippen molar-refractivity contribution in [2.45, 2.75) is 62.7 Å². The molecule has 1 fully saturated rings. The maximum atomic E-state index is 9.70. The summed E-state index contributed by atoms with van der Waals surface area (Å²) in [6, 6.07) is 14.3. The first kappa shape index (κ1) is 25.8. The number of rotatable bonds is 9. The van der Waals surface area contributed by atoms with Crippen molar-refractivity contribution in [1.82, 2.24) is 15.3 Å². The molecule has 3 aromatic rings. The van der Waals surface area contributed by atoms with E-state index in [-0.39, 0.29) is 6.10 Å². The van der Waals surface area contributed by atoms with Crippen LogP contribution in [0.25, 0.3) is 0 Å². The zero-order valence-corrected chi connectivity index (χ0v) is 22.2. The Balaban J connectivity index is 1.61. The van der Waals surface area contributed by atoms with E-state index in [9.17, 15) is 5.26 Å². The summed E-state index contributed by atoms with van der Waals surface area (Å²) in [4.78, 5) is 10.3. The second-order valence-corrected chi connectivity index (χ2v) is 11.1. The van der Waals surface area contributed by atoms with Crippen LogP contribution in [0, 0.1) is 11.3 Å². The summed E-state index contributed by atoms with van der Waals surface area (Å²) in [5.74, 6) is 2.39. The van der Waals surface area contributed by atoms with Crippen LogP contribution in [0.1, 0.15) is 57.6 Å². The fourth-order valence-electron chi connectivity index (χ4n) is 4.19. The van der Waals surface area contributed by atoms with E-state index in [1.807, 2.05) is 44.3 Å². The van der Waals surface area contributed by atoms with Gasteiger partial charge in [-0.2, -0.15) is 5.26 Å². The number of anilines is 4. The maximum Gasteiger partial charge on any atom is 0.174 e. The first-order chi connectivity index (χ1) is 17.4. The van der Waals surface area contributed by atoms with Gasteiger partial charge in [0.15, 0.2) is 11.6 Å². The van der Waals surface area contributed by atoms with Crippen molar-refractivity contribution >= 4 is 34.8 Å². The molecule has 7 nitrogen and oxygen atoms in total. The largest absolute Gasteiger partial charge is 0.487 e. The number of benzene rings is 1. The van der Waals surface area contributed by atoms with E-state index >= 15 is 0 Å². The SMILES string of the molecule is CC(C)Oc1cc(C2CCNCC2)cnc1Nc1cc(Nc2ccccc2SC(C)C)c(C#N)cn1. The average Bonchev–Trinajstić information content (AvgIpc) is 2.86. The molecule has 188 valence electrons. The fourth-order valence-corrected chi connectivity index (χ4v) is 5.10. The van der Waals surface area contributed by atoms with Crippen LogP contribution in [0.4, 0.5) is 23.0 Å². The zero-order chi connectivity index (χ0) is 25.5. The lowest BCUT2D eigenvalue weighted by Gasteiger charge is -2.24. The molecule has 3 heterocycles. The molecule has 8 heteroatoms. The Morgan fingerprint density at radius 1 is 1.03 bits per heavy atom. The molecular weight excluding hydrogens is 468 g/mol. The van der Waals surface area contributed by atoms with E-state index in [2.05, 4.69) is 53.0 Å². The van der Waals surface area contributed by atoms with Gasteiger partial charge in [0.2, 0.25) is 0 Å². The second kappa shape index (κ2) is 12.1. The van der Waals surface area contributed by atoms with Gasteiger partial charge in [-0.1, -0.05) is 26.0 Å². The van der Waals surface area contributed by atoms with Gasteiger partial charge < -0.3 is 20.7 Å². The third-order valence-electron chi connectivity index (χ3n) is 5.84. The minimum atomic E-state index is 0.0109. The van der Waals surface area contributed by atoms with Crippen molar-refractivity contribution < 1.29 is 4.74 Å². The number of nitrogens with zero attached hydrogens (tertiary/aromatic N) is 3. The highest BCUT2D eigenvalue weighted by atomic mass is 32.2. The van der Waals surface area contributed by atoms with Crippen LogP contribution in [0.2, 0.25) is 0 Å². The highest BCUT2D eigenvalue weighted by molar-refractivity contribution is 8.00. The van der Waals surface area contributed by atoms with E-state index < -0.39 is 0 Å². The van der Waals surface area contributed by atoms with Gasteiger partial charge in [0, 0.05) is 28.6 Å². The molecule has 0 saturated carbocycles. The molecule has 3 N–H and O–H groups in total. The Morgan fingerprint density at radius 3 is 2.53 bits per heavy atom. The van der Waals surface area contributed by atoms with Crippen LogP contribution < -0.4 is 20.7 Å². The van der Waals surface area contributed by atoms with E-state index in [1.54, 1.807) is 18.0 Å². The zero-order valence-electron chi connectivity index (χ0n) is 21.3. The van der Waals surface area contributed by atoms with Crippen LogP contribution in [0.15, 0.2) is 53.7 Å². The third-order valence-corrected chi connectivity index (χ3v) is 6.92. The Labute approximate surface area is 218 Å². The molecule has 1 aliphatic heterocycles. The van der Waals surface area contributed by atoms with E-state index in [1.165, 1.54) is 5.56 Å². The molecule has 36 heavy (non-hydrogen) atoms. The van der Waals surface area contributed by atoms with Crippen molar-refractivity contribution in [1.29, 1.82) is 5.26 Å². The highest BCUT2D eigenvalue weighted by Crippen LogP contribution is 2.35. The number of nitrogens with one attached hydrogen (secondary N) is 3. The molecule has 4 rings (SSSR count). The van der Waals surface area contributed by atoms with Crippen molar-refractivity contribution in [3.8, 4) is 11.8 Å². The number of pyridine rings is 2. The monoisotopic (exact) mass is 502 g/mol. The molecule has 1 aliphatic rings. The quantitative estimate of drug-likeness (QED) is 0.282. The Kier molecular flexibility index (Phi) is 8.68. The van der Waals surface area contributed by atoms with Crippen molar-refractivity contribution in [2.24, 2.45) is 0 Å². The molecular formula is C28H34N6OS. The summed E-state index contributed by atoms with van der Waals surface area (Å²) >= 11 is 1.78. The Hall–Kier alpha value is -3.28. The predicted octanol–water partition coefficient (Wildman–Crippen LogP) is 6.59. The van der Waals surface area contributed by atoms with E-state index in [0.29, 0.717) is 39.8 Å². The lowest BCUT2D eigenvalue weighted by atomic mass is 9.91. The second-order valence-electron chi connectivity index (χ2n) is 9.45. The van der Waals surface area contributed by atoms with Gasteiger partial charge in [-0.05, 0) is 69.5 Å². The molecule has 2 aromatic heterocycles. The number of piperidine rings is 1. The number of nitriles is 1. The van der Waals surface area contributed by atoms with Crippen LogP contribution in [-0.4, -0.2) is 34.4 Å². The summed E-state index contributed by atoms with van der Waals surface area (Å²) in [6.45, 7) is 10.4. The number of ether oxygens (including phenoxy) is 1. The van der Waals surface area contributed by atoms with Gasteiger partial charge in [0.25, 0.3) is 0 Å². The number of hydrogen-bond donors (Lipinski definition) is 3. The van der Waals surface area contributed by atoms with Crippen molar-refractivity contribution in [3.05, 3.63) is 59.9 Å². The van der Waals surface area contributed by atoms with Crippen molar-refractivity contribution in [3.63, 3.8) is 0 Å². The van der Waals surface area contributed by atoms with Gasteiger partial charge in [0.1, 0.15) is 11.9 Å². The molecule has 0 unspecified atom stereocenters. The molecule has 1 aromatic carbocycles. The van der Waals surface area contributed by atoms with Gasteiger partial charge in [-0.15, -0.1) is 11.8 Å². The fraction of sp³-hybridized carbons (Fsp3) is 0.393. The minimum Gasteiger partial charge on any atom is -0.487 e. The standard InChI is InChI=1S/C28H34N6OS/c1-18(2)35-25-13-21(20-9-11-30-12-10-20)16-32-28(25)34-27-14-24(22(15-29)17-31-27)33-23-7-5-6-8-26(23)36-19(3)4/h5-8,13-14,16-20,30H,9-12H2,1-4H3,(H2,31,32,33,34). The van der Waals surface area contributed by atoms with Crippen molar-refractivity contribution in [2.75, 3.05) is 23.7 Å². The highest BCUT2D eigenvalue weighted by Gasteiger charge is 2.19. The van der Waals surface area contributed by atoms with Gasteiger partial charge >= 0.3 is 0 Å². The summed E-state index contributed by atoms with van der Waals surface area (Å²) < 4.78 is 6.13. The van der Waals surface area contributed by atoms with Gasteiger partial charge in [0.05, 0.1) is 23.0 Å². The molecule has 0 spiro atoms. The molecule has 0 radical (unpaired) electrons. The molecule has 0 bridgehead atoms. The number of hydrogen-bond acceptors (Lipinski definition) is 8. The normalized spacial score (nSPS) is 14.0. The summed E-state index contributed by atoms with van der Waals surface area (Å²) in [6.07, 6.45) is 5.72. The lowest BCUT2D eigenvalue weighted by molar-refractivity contribution is 0.242.